The Morgan fingerprint density at radius 3 is 2.18 bits per heavy atom. The number of hydrogen-bond donors (Lipinski definition) is 1. The topological polar surface area (TPSA) is 86.8 Å². The summed E-state index contributed by atoms with van der Waals surface area (Å²) in [5.41, 5.74) is 2.03. The molecule has 3 rings (SSSR count). The third kappa shape index (κ3) is 5.70. The van der Waals surface area contributed by atoms with Crippen LogP contribution in [-0.4, -0.2) is 52.1 Å². The van der Waals surface area contributed by atoms with Crippen LogP contribution in [0.2, 0.25) is 0 Å². The van der Waals surface area contributed by atoms with E-state index in [0.717, 1.165) is 17.5 Å². The molecule has 0 saturated carbocycles. The maximum atomic E-state index is 13.3. The van der Waals surface area contributed by atoms with Gasteiger partial charge in [0, 0.05) is 25.6 Å². The first-order valence-corrected chi connectivity index (χ1v) is 11.9. The number of hydrogen-bond acceptors (Lipinski definition) is 4. The van der Waals surface area contributed by atoms with Gasteiger partial charge in [0.25, 0.3) is 0 Å². The van der Waals surface area contributed by atoms with E-state index in [-0.39, 0.29) is 61.0 Å². The molecule has 0 radical (unpaired) electrons. The SMILES string of the molecule is CCC(C)NC(=O)C(C)N(Cc1ccc(C)cc1)C(=O)CCN1C(=O)[C@H]2CC=CC[C@H]2C1=O. The van der Waals surface area contributed by atoms with Crippen LogP contribution in [0.4, 0.5) is 0 Å². The number of carbonyl (C=O) groups is 4. The van der Waals surface area contributed by atoms with Crippen molar-refractivity contribution in [3.05, 3.63) is 47.5 Å². The normalized spacial score (nSPS) is 21.5. The van der Waals surface area contributed by atoms with E-state index in [9.17, 15) is 19.2 Å². The molecule has 1 fully saturated rings. The van der Waals surface area contributed by atoms with Crippen LogP contribution in [-0.2, 0) is 25.7 Å². The van der Waals surface area contributed by atoms with E-state index in [1.807, 2.05) is 57.2 Å². The highest BCUT2D eigenvalue weighted by atomic mass is 16.2. The molecule has 7 nitrogen and oxygen atoms in total. The molecule has 2 unspecified atom stereocenters. The summed E-state index contributed by atoms with van der Waals surface area (Å²) in [7, 11) is 0. The first kappa shape index (κ1) is 24.7. The standard InChI is InChI=1S/C26H35N3O4/c1-5-18(3)27-24(31)19(4)29(16-20-12-10-17(2)11-13-20)23(30)14-15-28-25(32)21-8-6-7-9-22(21)26(28)33/h6-7,10-13,18-19,21-22H,5,8-9,14-16H2,1-4H3,(H,27,31)/t18?,19?,21-,22+. The van der Waals surface area contributed by atoms with Gasteiger partial charge in [-0.3, -0.25) is 24.1 Å². The van der Waals surface area contributed by atoms with Gasteiger partial charge in [-0.25, -0.2) is 0 Å². The lowest BCUT2D eigenvalue weighted by molar-refractivity contribution is -0.143. The fourth-order valence-corrected chi connectivity index (χ4v) is 4.38. The summed E-state index contributed by atoms with van der Waals surface area (Å²) < 4.78 is 0. The Bertz CT molecular complexity index is 898. The Labute approximate surface area is 196 Å². The molecule has 2 aliphatic rings. The Morgan fingerprint density at radius 2 is 1.64 bits per heavy atom. The fraction of sp³-hybridized carbons (Fsp3) is 0.538. The molecule has 1 aliphatic carbocycles. The second-order valence-corrected chi connectivity index (χ2v) is 9.24. The maximum Gasteiger partial charge on any atom is 0.242 e. The highest BCUT2D eigenvalue weighted by molar-refractivity contribution is 6.05. The average molecular weight is 454 g/mol. The number of benzene rings is 1. The number of nitrogens with zero attached hydrogens (tertiary/aromatic N) is 2. The zero-order valence-corrected chi connectivity index (χ0v) is 20.0. The molecule has 1 N–H and O–H groups in total. The number of nitrogens with one attached hydrogen (secondary N) is 1. The van der Waals surface area contributed by atoms with Crippen molar-refractivity contribution in [2.45, 2.75) is 72.0 Å². The Kier molecular flexibility index (Phi) is 8.06. The number of allylic oxidation sites excluding steroid dienone is 2. The van der Waals surface area contributed by atoms with Gasteiger partial charge >= 0.3 is 0 Å². The van der Waals surface area contributed by atoms with Crippen LogP contribution < -0.4 is 5.32 Å². The summed E-state index contributed by atoms with van der Waals surface area (Å²) in [5.74, 6) is -1.45. The van der Waals surface area contributed by atoms with E-state index in [0.29, 0.717) is 12.8 Å². The van der Waals surface area contributed by atoms with Gasteiger partial charge in [0.15, 0.2) is 0 Å². The molecule has 1 heterocycles. The largest absolute Gasteiger partial charge is 0.352 e. The number of rotatable bonds is 9. The highest BCUT2D eigenvalue weighted by Gasteiger charge is 2.47. The van der Waals surface area contributed by atoms with Crippen molar-refractivity contribution in [2.24, 2.45) is 11.8 Å². The van der Waals surface area contributed by atoms with Crippen molar-refractivity contribution in [3.8, 4) is 0 Å². The number of likely N-dealkylation sites (tertiary alicyclic amines) is 1. The van der Waals surface area contributed by atoms with E-state index in [4.69, 9.17) is 0 Å². The fourth-order valence-electron chi connectivity index (χ4n) is 4.38. The first-order chi connectivity index (χ1) is 15.7. The average Bonchev–Trinajstić information content (AvgIpc) is 3.06. The van der Waals surface area contributed by atoms with Gasteiger partial charge in [-0.1, -0.05) is 48.9 Å². The predicted octanol–water partition coefficient (Wildman–Crippen LogP) is 2.97. The van der Waals surface area contributed by atoms with Crippen LogP contribution in [0, 0.1) is 18.8 Å². The maximum absolute atomic E-state index is 13.3. The zero-order valence-electron chi connectivity index (χ0n) is 20.0. The smallest absolute Gasteiger partial charge is 0.242 e. The summed E-state index contributed by atoms with van der Waals surface area (Å²) in [6.07, 6.45) is 5.83. The molecule has 4 amide bonds. The quantitative estimate of drug-likeness (QED) is 0.460. The van der Waals surface area contributed by atoms with Crippen molar-refractivity contribution < 1.29 is 19.2 Å². The van der Waals surface area contributed by atoms with Crippen molar-refractivity contribution in [2.75, 3.05) is 6.54 Å². The van der Waals surface area contributed by atoms with E-state index in [1.165, 1.54) is 4.90 Å². The van der Waals surface area contributed by atoms with Gasteiger partial charge in [0.1, 0.15) is 6.04 Å². The predicted molar refractivity (Wildman–Crippen MR) is 126 cm³/mol. The summed E-state index contributed by atoms with van der Waals surface area (Å²) in [6, 6.07) is 7.16. The second-order valence-electron chi connectivity index (χ2n) is 9.24. The molecule has 1 aromatic rings. The monoisotopic (exact) mass is 453 g/mol. The lowest BCUT2D eigenvalue weighted by Crippen LogP contribution is -2.50. The van der Waals surface area contributed by atoms with Crippen LogP contribution in [0.1, 0.15) is 57.6 Å². The lowest BCUT2D eigenvalue weighted by Gasteiger charge is -2.30. The Hall–Kier alpha value is -2.96. The zero-order chi connectivity index (χ0) is 24.1. The molecule has 178 valence electrons. The van der Waals surface area contributed by atoms with Crippen LogP contribution >= 0.6 is 0 Å². The van der Waals surface area contributed by atoms with Gasteiger partial charge in [-0.15, -0.1) is 0 Å². The number of carbonyl (C=O) groups excluding carboxylic acids is 4. The molecular formula is C26H35N3O4. The van der Waals surface area contributed by atoms with Gasteiger partial charge in [0.2, 0.25) is 23.6 Å². The molecule has 33 heavy (non-hydrogen) atoms. The Balaban J connectivity index is 1.71. The van der Waals surface area contributed by atoms with Gasteiger partial charge < -0.3 is 10.2 Å². The lowest BCUT2D eigenvalue weighted by atomic mass is 9.85. The van der Waals surface area contributed by atoms with E-state index in [2.05, 4.69) is 5.32 Å². The minimum absolute atomic E-state index is 0.00282. The molecule has 0 aromatic heterocycles. The third-order valence-corrected chi connectivity index (χ3v) is 6.79. The molecule has 0 spiro atoms. The molecule has 1 saturated heterocycles. The van der Waals surface area contributed by atoms with Crippen molar-refractivity contribution in [1.29, 1.82) is 0 Å². The molecule has 0 bridgehead atoms. The van der Waals surface area contributed by atoms with E-state index >= 15 is 0 Å². The molecular weight excluding hydrogens is 418 g/mol. The van der Waals surface area contributed by atoms with E-state index in [1.54, 1.807) is 11.8 Å². The van der Waals surface area contributed by atoms with Gasteiger partial charge in [-0.2, -0.15) is 0 Å². The minimum Gasteiger partial charge on any atom is -0.352 e. The third-order valence-electron chi connectivity index (χ3n) is 6.79. The number of amides is 4. The van der Waals surface area contributed by atoms with Crippen molar-refractivity contribution >= 4 is 23.6 Å². The molecule has 1 aromatic carbocycles. The highest BCUT2D eigenvalue weighted by Crippen LogP contribution is 2.35. The van der Waals surface area contributed by atoms with Crippen LogP contribution in [0.5, 0.6) is 0 Å². The van der Waals surface area contributed by atoms with Crippen molar-refractivity contribution in [1.82, 2.24) is 15.1 Å². The van der Waals surface area contributed by atoms with Gasteiger partial charge in [-0.05, 0) is 45.6 Å². The first-order valence-electron chi connectivity index (χ1n) is 11.9. The number of aryl methyl sites for hydroxylation is 1. The number of imide groups is 1. The summed E-state index contributed by atoms with van der Waals surface area (Å²) >= 11 is 0. The summed E-state index contributed by atoms with van der Waals surface area (Å²) in [4.78, 5) is 54.3. The van der Waals surface area contributed by atoms with Crippen LogP contribution in [0.25, 0.3) is 0 Å². The molecule has 7 heteroatoms. The van der Waals surface area contributed by atoms with Crippen molar-refractivity contribution in [3.63, 3.8) is 0 Å². The van der Waals surface area contributed by atoms with Crippen LogP contribution in [0.3, 0.4) is 0 Å². The molecule has 4 atom stereocenters. The number of fused-ring (bicyclic) bond motifs is 1. The van der Waals surface area contributed by atoms with Gasteiger partial charge in [0.05, 0.1) is 11.8 Å². The summed E-state index contributed by atoms with van der Waals surface area (Å²) in [6.45, 7) is 7.96. The minimum atomic E-state index is -0.676. The van der Waals surface area contributed by atoms with E-state index < -0.39 is 6.04 Å². The second kappa shape index (κ2) is 10.8. The summed E-state index contributed by atoms with van der Waals surface area (Å²) in [5, 5.41) is 2.95. The van der Waals surface area contributed by atoms with Crippen LogP contribution in [0.15, 0.2) is 36.4 Å². The molecule has 1 aliphatic heterocycles. The Morgan fingerprint density at radius 1 is 1.06 bits per heavy atom.